The van der Waals surface area contributed by atoms with Crippen LogP contribution in [-0.4, -0.2) is 24.4 Å². The number of carbonyl (C=O) groups excluding carboxylic acids is 1. The van der Waals surface area contributed by atoms with Gasteiger partial charge in [-0.3, -0.25) is 4.79 Å². The third kappa shape index (κ3) is 2.61. The fourth-order valence-corrected chi connectivity index (χ4v) is 2.00. The van der Waals surface area contributed by atoms with Crippen molar-refractivity contribution in [1.29, 1.82) is 0 Å². The minimum Gasteiger partial charge on any atom is -0.341 e. The maximum Gasteiger partial charge on any atom is 0.253 e. The molecule has 0 saturated heterocycles. The van der Waals surface area contributed by atoms with Crippen molar-refractivity contribution in [2.45, 2.75) is 12.8 Å². The van der Waals surface area contributed by atoms with Gasteiger partial charge in [0.2, 0.25) is 0 Å². The fourth-order valence-electron chi connectivity index (χ4n) is 1.62. The van der Waals surface area contributed by atoms with Crippen LogP contribution in [0.25, 0.3) is 0 Å². The first-order valence-corrected chi connectivity index (χ1v) is 6.07. The van der Waals surface area contributed by atoms with Crippen LogP contribution in [-0.2, 0) is 0 Å². The zero-order chi connectivity index (χ0) is 11.7. The Balaban J connectivity index is 2.09. The number of hydrogen-bond donors (Lipinski definition) is 0. The largest absolute Gasteiger partial charge is 0.341 e. The maximum absolute atomic E-state index is 13.0. The zero-order valence-corrected chi connectivity index (χ0v) is 10.6. The minimum atomic E-state index is -0.346. The van der Waals surface area contributed by atoms with E-state index in [1.807, 2.05) is 0 Å². The molecule has 16 heavy (non-hydrogen) atoms. The van der Waals surface area contributed by atoms with Gasteiger partial charge in [-0.1, -0.05) is 0 Å². The summed E-state index contributed by atoms with van der Waals surface area (Å²) < 4.78 is 13.3. The molecule has 0 N–H and O–H groups in total. The second-order valence-corrected chi connectivity index (χ2v) is 5.11. The Labute approximate surface area is 103 Å². The van der Waals surface area contributed by atoms with Gasteiger partial charge in [-0.25, -0.2) is 4.39 Å². The third-order valence-corrected chi connectivity index (χ3v) is 3.35. The quantitative estimate of drug-likeness (QED) is 0.836. The van der Waals surface area contributed by atoms with Crippen LogP contribution in [0.1, 0.15) is 23.2 Å². The lowest BCUT2D eigenvalue weighted by Gasteiger charge is -2.16. The second kappa shape index (κ2) is 4.53. The number of halogens is 2. The summed E-state index contributed by atoms with van der Waals surface area (Å²) in [6.07, 6.45) is 2.43. The summed E-state index contributed by atoms with van der Waals surface area (Å²) >= 11 is 3.08. The fraction of sp³-hybridized carbons (Fsp3) is 0.417. The molecular weight excluding hydrogens is 273 g/mol. The van der Waals surface area contributed by atoms with E-state index in [4.69, 9.17) is 0 Å². The molecule has 4 heteroatoms. The molecule has 1 aliphatic carbocycles. The van der Waals surface area contributed by atoms with E-state index < -0.39 is 0 Å². The molecule has 1 aliphatic rings. The van der Waals surface area contributed by atoms with Gasteiger partial charge in [-0.2, -0.15) is 0 Å². The number of benzene rings is 1. The van der Waals surface area contributed by atoms with Gasteiger partial charge in [0.15, 0.2) is 0 Å². The van der Waals surface area contributed by atoms with E-state index in [-0.39, 0.29) is 11.7 Å². The van der Waals surface area contributed by atoms with Gasteiger partial charge < -0.3 is 4.90 Å². The number of rotatable bonds is 3. The first kappa shape index (κ1) is 11.6. The van der Waals surface area contributed by atoms with Gasteiger partial charge >= 0.3 is 0 Å². The summed E-state index contributed by atoms with van der Waals surface area (Å²) in [5.74, 6) is 0.270. The SMILES string of the molecule is CN(CC1CC1)C(=O)c1ccc(F)c(Br)c1. The molecule has 0 aliphatic heterocycles. The highest BCUT2D eigenvalue weighted by atomic mass is 79.9. The Morgan fingerprint density at radius 3 is 2.81 bits per heavy atom. The van der Waals surface area contributed by atoms with Gasteiger partial charge in [-0.15, -0.1) is 0 Å². The highest BCUT2D eigenvalue weighted by Gasteiger charge is 2.25. The lowest BCUT2D eigenvalue weighted by Crippen LogP contribution is -2.28. The van der Waals surface area contributed by atoms with E-state index in [0.717, 1.165) is 6.54 Å². The molecule has 0 heterocycles. The normalized spacial score (nSPS) is 14.9. The number of hydrogen-bond acceptors (Lipinski definition) is 1. The van der Waals surface area contributed by atoms with Gasteiger partial charge in [-0.05, 0) is 52.9 Å². The van der Waals surface area contributed by atoms with Crippen LogP contribution >= 0.6 is 15.9 Å². The van der Waals surface area contributed by atoms with E-state index in [1.54, 1.807) is 11.9 Å². The van der Waals surface area contributed by atoms with Crippen molar-refractivity contribution in [3.8, 4) is 0 Å². The average Bonchev–Trinajstić information content (AvgIpc) is 3.05. The van der Waals surface area contributed by atoms with E-state index in [2.05, 4.69) is 15.9 Å². The Kier molecular flexibility index (Phi) is 3.28. The summed E-state index contributed by atoms with van der Waals surface area (Å²) in [5, 5.41) is 0. The van der Waals surface area contributed by atoms with Crippen molar-refractivity contribution in [1.82, 2.24) is 4.90 Å². The topological polar surface area (TPSA) is 20.3 Å². The lowest BCUT2D eigenvalue weighted by atomic mass is 10.2. The summed E-state index contributed by atoms with van der Waals surface area (Å²) in [7, 11) is 1.79. The minimum absolute atomic E-state index is 0.0485. The van der Waals surface area contributed by atoms with Crippen molar-refractivity contribution in [2.24, 2.45) is 5.92 Å². The molecule has 86 valence electrons. The zero-order valence-electron chi connectivity index (χ0n) is 9.04. The van der Waals surface area contributed by atoms with Crippen LogP contribution in [0, 0.1) is 11.7 Å². The first-order chi connectivity index (χ1) is 7.58. The molecule has 1 aromatic rings. The Morgan fingerprint density at radius 2 is 2.25 bits per heavy atom. The molecule has 0 radical (unpaired) electrons. The molecule has 0 unspecified atom stereocenters. The van der Waals surface area contributed by atoms with Gasteiger partial charge in [0.05, 0.1) is 4.47 Å². The van der Waals surface area contributed by atoms with E-state index >= 15 is 0 Å². The number of nitrogens with zero attached hydrogens (tertiary/aromatic N) is 1. The van der Waals surface area contributed by atoms with Crippen LogP contribution in [0.15, 0.2) is 22.7 Å². The smallest absolute Gasteiger partial charge is 0.253 e. The third-order valence-electron chi connectivity index (χ3n) is 2.74. The molecule has 0 atom stereocenters. The molecule has 2 nitrogen and oxygen atoms in total. The van der Waals surface area contributed by atoms with Gasteiger partial charge in [0, 0.05) is 19.2 Å². The van der Waals surface area contributed by atoms with Crippen molar-refractivity contribution in [2.75, 3.05) is 13.6 Å². The predicted octanol–water partition coefficient (Wildman–Crippen LogP) is 3.07. The van der Waals surface area contributed by atoms with Gasteiger partial charge in [0.25, 0.3) is 5.91 Å². The first-order valence-electron chi connectivity index (χ1n) is 5.28. The maximum atomic E-state index is 13.0. The van der Waals surface area contributed by atoms with Crippen LogP contribution in [0.2, 0.25) is 0 Å². The Morgan fingerprint density at radius 1 is 1.56 bits per heavy atom. The highest BCUT2D eigenvalue weighted by molar-refractivity contribution is 9.10. The molecule has 1 amide bonds. The van der Waals surface area contributed by atoms with Crippen molar-refractivity contribution >= 4 is 21.8 Å². The second-order valence-electron chi connectivity index (χ2n) is 4.26. The van der Waals surface area contributed by atoms with Crippen LogP contribution in [0.5, 0.6) is 0 Å². The van der Waals surface area contributed by atoms with Crippen molar-refractivity contribution in [3.63, 3.8) is 0 Å². The summed E-state index contributed by atoms with van der Waals surface area (Å²) in [5.41, 5.74) is 0.524. The summed E-state index contributed by atoms with van der Waals surface area (Å²) in [6.45, 7) is 0.799. The molecule has 0 spiro atoms. The highest BCUT2D eigenvalue weighted by Crippen LogP contribution is 2.29. The van der Waals surface area contributed by atoms with Crippen LogP contribution in [0.3, 0.4) is 0 Å². The van der Waals surface area contributed by atoms with Crippen molar-refractivity contribution in [3.05, 3.63) is 34.1 Å². The molecule has 1 saturated carbocycles. The standard InChI is InChI=1S/C12H13BrFNO/c1-15(7-8-2-3-8)12(16)9-4-5-11(14)10(13)6-9/h4-6,8H,2-3,7H2,1H3. The molecular formula is C12H13BrFNO. The Hall–Kier alpha value is -0.900. The lowest BCUT2D eigenvalue weighted by molar-refractivity contribution is 0.0788. The van der Waals surface area contributed by atoms with Crippen LogP contribution in [0.4, 0.5) is 4.39 Å². The molecule has 0 aromatic heterocycles. The van der Waals surface area contributed by atoms with E-state index in [1.165, 1.54) is 31.0 Å². The average molecular weight is 286 g/mol. The van der Waals surface area contributed by atoms with Gasteiger partial charge in [0.1, 0.15) is 5.82 Å². The molecule has 1 fully saturated rings. The Bertz CT molecular complexity index is 417. The van der Waals surface area contributed by atoms with E-state index in [9.17, 15) is 9.18 Å². The summed E-state index contributed by atoms with van der Waals surface area (Å²) in [4.78, 5) is 13.7. The van der Waals surface area contributed by atoms with Crippen molar-refractivity contribution < 1.29 is 9.18 Å². The van der Waals surface area contributed by atoms with Crippen LogP contribution < -0.4 is 0 Å². The molecule has 1 aromatic carbocycles. The predicted molar refractivity (Wildman–Crippen MR) is 63.8 cm³/mol. The number of amides is 1. The van der Waals surface area contributed by atoms with E-state index in [0.29, 0.717) is 16.0 Å². The number of carbonyl (C=O) groups is 1. The molecule has 0 bridgehead atoms. The monoisotopic (exact) mass is 285 g/mol. The molecule has 2 rings (SSSR count). The summed E-state index contributed by atoms with van der Waals surface area (Å²) in [6, 6.07) is 4.36.